The van der Waals surface area contributed by atoms with Crippen molar-refractivity contribution >= 4 is 34.9 Å². The normalized spacial score (nSPS) is 11.7. The molecular weight excluding hydrogens is 361 g/mol. The lowest BCUT2D eigenvalue weighted by molar-refractivity contribution is -0.123. The highest BCUT2D eigenvalue weighted by atomic mass is 35.5. The average Bonchev–Trinajstić information content (AvgIpc) is 2.55. The third-order valence-corrected chi connectivity index (χ3v) is 3.41. The Morgan fingerprint density at radius 2 is 1.84 bits per heavy atom. The van der Waals surface area contributed by atoms with Crippen LogP contribution < -0.4 is 11.1 Å². The van der Waals surface area contributed by atoms with E-state index in [0.29, 0.717) is 11.1 Å². The summed E-state index contributed by atoms with van der Waals surface area (Å²) in [5, 5.41) is 2.32. The first kappa shape index (κ1) is 18.6. The standard InChI is InChI=1S/C16H12ClF3N2O3/c1-7(25-16(24)9-3-2-8(17)6-11(9)21)15(23)22-12-5-4-10(18)13(19)14(12)20/h2-7H,21H2,1H3,(H,22,23)/t7-/m1/s1. The number of amides is 1. The molecule has 5 nitrogen and oxygen atoms in total. The number of carbonyl (C=O) groups is 2. The molecule has 1 amide bonds. The molecule has 0 unspecified atom stereocenters. The van der Waals surface area contributed by atoms with Gasteiger partial charge in [-0.15, -0.1) is 0 Å². The number of rotatable bonds is 4. The highest BCUT2D eigenvalue weighted by Crippen LogP contribution is 2.21. The third kappa shape index (κ3) is 4.21. The molecule has 0 bridgehead atoms. The van der Waals surface area contributed by atoms with E-state index in [1.165, 1.54) is 25.1 Å². The first-order valence-corrected chi connectivity index (χ1v) is 7.29. The number of benzene rings is 2. The zero-order chi connectivity index (χ0) is 18.7. The summed E-state index contributed by atoms with van der Waals surface area (Å²) in [7, 11) is 0. The first-order valence-electron chi connectivity index (χ1n) is 6.91. The van der Waals surface area contributed by atoms with Gasteiger partial charge >= 0.3 is 5.97 Å². The summed E-state index contributed by atoms with van der Waals surface area (Å²) in [4.78, 5) is 23.9. The lowest BCUT2D eigenvalue weighted by atomic mass is 10.2. The van der Waals surface area contributed by atoms with Crippen molar-refractivity contribution in [2.75, 3.05) is 11.1 Å². The number of nitrogens with two attached hydrogens (primary N) is 1. The highest BCUT2D eigenvalue weighted by Gasteiger charge is 2.22. The van der Waals surface area contributed by atoms with Crippen molar-refractivity contribution in [1.82, 2.24) is 0 Å². The number of anilines is 2. The van der Waals surface area contributed by atoms with Gasteiger partial charge in [0.05, 0.1) is 11.3 Å². The number of ether oxygens (including phenoxy) is 1. The fraction of sp³-hybridized carbons (Fsp3) is 0.125. The van der Waals surface area contributed by atoms with Crippen molar-refractivity contribution in [3.8, 4) is 0 Å². The third-order valence-electron chi connectivity index (χ3n) is 3.18. The average molecular weight is 373 g/mol. The van der Waals surface area contributed by atoms with Crippen LogP contribution in [0, 0.1) is 17.5 Å². The van der Waals surface area contributed by atoms with E-state index in [2.05, 4.69) is 0 Å². The Labute approximate surface area is 145 Å². The summed E-state index contributed by atoms with van der Waals surface area (Å²) >= 11 is 5.72. The lowest BCUT2D eigenvalue weighted by Crippen LogP contribution is -2.30. The minimum atomic E-state index is -1.73. The maximum absolute atomic E-state index is 13.5. The maximum Gasteiger partial charge on any atom is 0.341 e. The molecule has 1 atom stereocenters. The van der Waals surface area contributed by atoms with Gasteiger partial charge in [0.1, 0.15) is 0 Å². The van der Waals surface area contributed by atoms with Crippen LogP contribution in [0.2, 0.25) is 5.02 Å². The SMILES string of the molecule is C[C@@H](OC(=O)c1ccc(Cl)cc1N)C(=O)Nc1ccc(F)c(F)c1F. The van der Waals surface area contributed by atoms with Crippen LogP contribution in [0.1, 0.15) is 17.3 Å². The van der Waals surface area contributed by atoms with Crippen molar-refractivity contribution in [1.29, 1.82) is 0 Å². The minimum absolute atomic E-state index is 0.0111. The predicted molar refractivity (Wildman–Crippen MR) is 85.7 cm³/mol. The fourth-order valence-electron chi connectivity index (χ4n) is 1.85. The van der Waals surface area contributed by atoms with E-state index in [0.717, 1.165) is 6.07 Å². The van der Waals surface area contributed by atoms with Gasteiger partial charge in [0, 0.05) is 10.7 Å². The van der Waals surface area contributed by atoms with Crippen LogP contribution in [0.25, 0.3) is 0 Å². The van der Waals surface area contributed by atoms with E-state index in [4.69, 9.17) is 22.1 Å². The number of nitrogens with one attached hydrogen (secondary N) is 1. The number of esters is 1. The zero-order valence-electron chi connectivity index (χ0n) is 12.8. The summed E-state index contributed by atoms with van der Waals surface area (Å²) in [6.07, 6.45) is -1.35. The Balaban J connectivity index is 2.08. The van der Waals surface area contributed by atoms with E-state index < -0.39 is 41.1 Å². The summed E-state index contributed by atoms with van der Waals surface area (Å²) in [6.45, 7) is 1.22. The Morgan fingerprint density at radius 3 is 2.48 bits per heavy atom. The van der Waals surface area contributed by atoms with E-state index in [-0.39, 0.29) is 11.3 Å². The summed E-state index contributed by atoms with van der Waals surface area (Å²) in [5.74, 6) is -6.52. The quantitative estimate of drug-likeness (QED) is 0.489. The predicted octanol–water partition coefficient (Wildman–Crippen LogP) is 3.52. The molecule has 2 rings (SSSR count). The van der Waals surface area contributed by atoms with Crippen LogP contribution >= 0.6 is 11.6 Å². The van der Waals surface area contributed by atoms with Gasteiger partial charge in [-0.1, -0.05) is 11.6 Å². The molecule has 0 saturated heterocycles. The smallest absolute Gasteiger partial charge is 0.341 e. The van der Waals surface area contributed by atoms with Gasteiger partial charge in [0.2, 0.25) is 0 Å². The van der Waals surface area contributed by atoms with E-state index in [1.54, 1.807) is 0 Å². The van der Waals surface area contributed by atoms with Crippen LogP contribution in [-0.4, -0.2) is 18.0 Å². The molecule has 0 aliphatic heterocycles. The second kappa shape index (κ2) is 7.43. The maximum atomic E-state index is 13.5. The molecule has 0 aromatic heterocycles. The molecule has 0 saturated carbocycles. The van der Waals surface area contributed by atoms with Gasteiger partial charge < -0.3 is 15.8 Å². The van der Waals surface area contributed by atoms with Crippen LogP contribution in [0.3, 0.4) is 0 Å². The monoisotopic (exact) mass is 372 g/mol. The summed E-state index contributed by atoms with van der Waals surface area (Å²) < 4.78 is 44.5. The van der Waals surface area contributed by atoms with Crippen molar-refractivity contribution in [2.24, 2.45) is 0 Å². The second-order valence-corrected chi connectivity index (χ2v) is 5.43. The molecule has 3 N–H and O–H groups in total. The molecule has 132 valence electrons. The van der Waals surface area contributed by atoms with Gasteiger partial charge in [0.25, 0.3) is 5.91 Å². The molecule has 25 heavy (non-hydrogen) atoms. The molecule has 0 aliphatic carbocycles. The van der Waals surface area contributed by atoms with Crippen LogP contribution in [0.5, 0.6) is 0 Å². The number of hydrogen-bond donors (Lipinski definition) is 2. The second-order valence-electron chi connectivity index (χ2n) is 4.99. The topological polar surface area (TPSA) is 81.4 Å². The molecule has 0 fully saturated rings. The van der Waals surface area contributed by atoms with Crippen molar-refractivity contribution in [3.05, 3.63) is 58.4 Å². The Hall–Kier alpha value is -2.74. The van der Waals surface area contributed by atoms with Gasteiger partial charge in [-0.05, 0) is 37.3 Å². The van der Waals surface area contributed by atoms with E-state index in [1.807, 2.05) is 5.32 Å². The van der Waals surface area contributed by atoms with E-state index >= 15 is 0 Å². The molecule has 0 radical (unpaired) electrons. The Kier molecular flexibility index (Phi) is 5.53. The van der Waals surface area contributed by atoms with Crippen molar-refractivity contribution < 1.29 is 27.5 Å². The summed E-state index contributed by atoms with van der Waals surface area (Å²) in [6, 6.07) is 5.56. The number of halogens is 4. The molecule has 9 heteroatoms. The number of nitrogen functional groups attached to an aromatic ring is 1. The molecule has 2 aromatic carbocycles. The van der Waals surface area contributed by atoms with Crippen LogP contribution in [0.4, 0.5) is 24.5 Å². The first-order chi connectivity index (χ1) is 11.7. The number of carbonyl (C=O) groups excluding carboxylic acids is 2. The molecule has 2 aromatic rings. The Morgan fingerprint density at radius 1 is 1.16 bits per heavy atom. The largest absolute Gasteiger partial charge is 0.449 e. The van der Waals surface area contributed by atoms with Crippen LogP contribution in [-0.2, 0) is 9.53 Å². The fourth-order valence-corrected chi connectivity index (χ4v) is 2.03. The minimum Gasteiger partial charge on any atom is -0.449 e. The van der Waals surface area contributed by atoms with Crippen molar-refractivity contribution in [2.45, 2.75) is 13.0 Å². The van der Waals surface area contributed by atoms with Gasteiger partial charge in [-0.2, -0.15) is 0 Å². The summed E-state index contributed by atoms with van der Waals surface area (Å²) in [5.41, 5.74) is 5.09. The molecule has 0 spiro atoms. The highest BCUT2D eigenvalue weighted by molar-refractivity contribution is 6.31. The van der Waals surface area contributed by atoms with Gasteiger partial charge in [-0.3, -0.25) is 4.79 Å². The molecular formula is C16H12ClF3N2O3. The Bertz CT molecular complexity index is 846. The van der Waals surface area contributed by atoms with Crippen LogP contribution in [0.15, 0.2) is 30.3 Å². The van der Waals surface area contributed by atoms with Gasteiger partial charge in [0.15, 0.2) is 23.6 Å². The van der Waals surface area contributed by atoms with E-state index in [9.17, 15) is 22.8 Å². The molecule has 0 heterocycles. The molecule has 0 aliphatic rings. The zero-order valence-corrected chi connectivity index (χ0v) is 13.5. The lowest BCUT2D eigenvalue weighted by Gasteiger charge is -2.15. The van der Waals surface area contributed by atoms with Crippen molar-refractivity contribution in [3.63, 3.8) is 0 Å². The number of hydrogen-bond acceptors (Lipinski definition) is 4. The van der Waals surface area contributed by atoms with Gasteiger partial charge in [-0.25, -0.2) is 18.0 Å².